The first-order chi connectivity index (χ1) is 30.7. The van der Waals surface area contributed by atoms with E-state index in [1.165, 1.54) is 50.2 Å². The van der Waals surface area contributed by atoms with Gasteiger partial charge in [-0.3, -0.25) is 4.99 Å². The molecule has 2 nitrogen and oxygen atoms in total. The second kappa shape index (κ2) is 14.1. The topological polar surface area (TPSA) is 24.4 Å². The summed E-state index contributed by atoms with van der Waals surface area (Å²) in [6, 6.07) is 29.9. The van der Waals surface area contributed by atoms with Crippen molar-refractivity contribution in [3.05, 3.63) is 261 Å². The summed E-state index contributed by atoms with van der Waals surface area (Å²) in [5.41, 5.74) is 18.6. The van der Waals surface area contributed by atoms with Crippen LogP contribution in [0.25, 0.3) is 0 Å². The lowest BCUT2D eigenvalue weighted by atomic mass is 9.47. The van der Waals surface area contributed by atoms with Crippen LogP contribution in [0.4, 0.5) is 0 Å². The van der Waals surface area contributed by atoms with Crippen LogP contribution in [0, 0.1) is 17.8 Å². The largest absolute Gasteiger partial charge is 0.343 e. The SMILES string of the molecule is C1=CCCC(C2=CCC(C3=NC(c4ccccc4)C=C(C4=CC5C(C=C4)c4ccccc4C54C5=C(CCC=C5)C5(C6=C4CCC=C6)c4ccccc4C4C=CC=CC45)N3)C=C2)=C1. The van der Waals surface area contributed by atoms with E-state index in [-0.39, 0.29) is 34.6 Å². The van der Waals surface area contributed by atoms with Crippen molar-refractivity contribution >= 4 is 5.84 Å². The molecule has 0 saturated heterocycles. The van der Waals surface area contributed by atoms with Crippen molar-refractivity contribution in [3.63, 3.8) is 0 Å². The summed E-state index contributed by atoms with van der Waals surface area (Å²) in [7, 11) is 0. The number of allylic oxidation sites excluding steroid dienone is 22. The van der Waals surface area contributed by atoms with Crippen molar-refractivity contribution in [2.24, 2.45) is 22.7 Å². The number of aliphatic imine (C=N–C) groups is 1. The van der Waals surface area contributed by atoms with Gasteiger partial charge in [0, 0.05) is 46.1 Å². The summed E-state index contributed by atoms with van der Waals surface area (Å²) < 4.78 is 0. The molecule has 0 aromatic heterocycles. The van der Waals surface area contributed by atoms with Gasteiger partial charge >= 0.3 is 0 Å². The zero-order chi connectivity index (χ0) is 40.8. The number of nitrogens with one attached hydrogen (secondary N) is 1. The minimum absolute atomic E-state index is 0.0647. The molecule has 0 fully saturated rings. The van der Waals surface area contributed by atoms with Crippen molar-refractivity contribution in [2.45, 2.75) is 73.7 Å². The highest BCUT2D eigenvalue weighted by Crippen LogP contribution is 2.72. The third-order valence-corrected chi connectivity index (χ3v) is 16.1. The van der Waals surface area contributed by atoms with Gasteiger partial charge in [-0.05, 0) is 118 Å². The van der Waals surface area contributed by atoms with Crippen LogP contribution in [0.3, 0.4) is 0 Å². The molecule has 62 heavy (non-hydrogen) atoms. The lowest BCUT2D eigenvalue weighted by Gasteiger charge is -2.55. The van der Waals surface area contributed by atoms with Crippen molar-refractivity contribution in [3.8, 4) is 0 Å². The van der Waals surface area contributed by atoms with Crippen molar-refractivity contribution < 1.29 is 0 Å². The molecule has 302 valence electrons. The van der Waals surface area contributed by atoms with Gasteiger partial charge in [0.15, 0.2) is 0 Å². The normalized spacial score (nSPS) is 32.9. The summed E-state index contributed by atoms with van der Waals surface area (Å²) in [5, 5.41) is 4.00. The maximum absolute atomic E-state index is 5.47. The fourth-order valence-electron chi connectivity index (χ4n) is 13.7. The van der Waals surface area contributed by atoms with Crippen molar-refractivity contribution in [1.29, 1.82) is 0 Å². The molecule has 0 bridgehead atoms. The van der Waals surface area contributed by atoms with E-state index in [1.807, 2.05) is 0 Å². The minimum atomic E-state index is -0.266. The number of nitrogens with zero attached hydrogens (tertiary/aromatic N) is 1. The number of hydrogen-bond donors (Lipinski definition) is 1. The fraction of sp³-hybridized carbons (Fsp3) is 0.250. The molecule has 0 saturated carbocycles. The first kappa shape index (κ1) is 36.4. The van der Waals surface area contributed by atoms with Gasteiger partial charge in [-0.1, -0.05) is 182 Å². The standard InChI is InChI=1S/C60H52N2/c1-3-17-39(18-4-1)40-31-33-42(34-32-40)58-61-56(41-19-5-2-6-20-41)38-57(62-58)43-35-36-47-46-23-9-12-26-50(46)60(55(47)37-43)53-29-15-13-27-51(53)59(52-28-14-16-30-54(52)60)48-24-10-7-21-44(48)45-22-8-11-25-49(45)59/h1-3,5-13,16-17,19-27,30-33,35-38,42,44,47-48,55-56H,4,14-15,18,28-29,34H2,(H,61,62). The van der Waals surface area contributed by atoms with Crippen molar-refractivity contribution in [2.75, 3.05) is 0 Å². The summed E-state index contributed by atoms with van der Waals surface area (Å²) >= 11 is 0. The molecule has 0 radical (unpaired) electrons. The highest BCUT2D eigenvalue weighted by molar-refractivity contribution is 5.90. The van der Waals surface area contributed by atoms with E-state index in [9.17, 15) is 0 Å². The third kappa shape index (κ3) is 5.07. The van der Waals surface area contributed by atoms with E-state index >= 15 is 0 Å². The van der Waals surface area contributed by atoms with Crippen LogP contribution >= 0.6 is 0 Å². The van der Waals surface area contributed by atoms with Gasteiger partial charge in [-0.15, -0.1) is 0 Å². The maximum Gasteiger partial charge on any atom is 0.109 e. The van der Waals surface area contributed by atoms with E-state index in [0.29, 0.717) is 11.8 Å². The molecule has 1 N–H and O–H groups in total. The number of amidine groups is 1. The first-order valence-corrected chi connectivity index (χ1v) is 23.4. The second-order valence-corrected chi connectivity index (χ2v) is 18.9. The second-order valence-electron chi connectivity index (χ2n) is 18.9. The molecule has 3 aromatic rings. The van der Waals surface area contributed by atoms with E-state index < -0.39 is 0 Å². The van der Waals surface area contributed by atoms with Gasteiger partial charge in [0.2, 0.25) is 0 Å². The first-order valence-electron chi connectivity index (χ1n) is 23.4. The Morgan fingerprint density at radius 1 is 0.565 bits per heavy atom. The number of rotatable bonds is 4. The molecule has 0 amide bonds. The number of benzene rings is 3. The average molecular weight is 801 g/mol. The van der Waals surface area contributed by atoms with Crippen LogP contribution in [0.5, 0.6) is 0 Å². The van der Waals surface area contributed by atoms with Crippen LogP contribution in [0.15, 0.2) is 238 Å². The fourth-order valence-corrected chi connectivity index (χ4v) is 13.7. The summed E-state index contributed by atoms with van der Waals surface area (Å²) in [6.07, 6.45) is 51.4. The number of fused-ring (bicyclic) bond motifs is 14. The summed E-state index contributed by atoms with van der Waals surface area (Å²) in [6.45, 7) is 0. The third-order valence-electron chi connectivity index (χ3n) is 16.1. The highest BCUT2D eigenvalue weighted by Gasteiger charge is 2.65. The molecule has 3 aromatic carbocycles. The van der Waals surface area contributed by atoms with Crippen LogP contribution < -0.4 is 5.32 Å². The quantitative estimate of drug-likeness (QED) is 0.279. The Kier molecular flexibility index (Phi) is 8.31. The van der Waals surface area contributed by atoms with Crippen LogP contribution in [-0.4, -0.2) is 5.84 Å². The molecule has 13 rings (SSSR count). The van der Waals surface area contributed by atoms with Gasteiger partial charge in [-0.2, -0.15) is 0 Å². The Bertz CT molecular complexity index is 2890. The molecular weight excluding hydrogens is 749 g/mol. The molecule has 1 heterocycles. The smallest absolute Gasteiger partial charge is 0.109 e. The monoisotopic (exact) mass is 800 g/mol. The highest BCUT2D eigenvalue weighted by atomic mass is 15.1. The Balaban J connectivity index is 0.973. The van der Waals surface area contributed by atoms with Gasteiger partial charge in [0.05, 0.1) is 6.04 Å². The van der Waals surface area contributed by atoms with E-state index in [1.54, 1.807) is 22.3 Å². The molecular formula is C60H52N2. The van der Waals surface area contributed by atoms with Crippen LogP contribution in [0.2, 0.25) is 0 Å². The predicted molar refractivity (Wildman–Crippen MR) is 255 cm³/mol. The van der Waals surface area contributed by atoms with E-state index in [2.05, 4.69) is 194 Å². The Hall–Kier alpha value is -6.25. The van der Waals surface area contributed by atoms with Crippen LogP contribution in [0.1, 0.15) is 90.6 Å². The Morgan fingerprint density at radius 2 is 1.23 bits per heavy atom. The average Bonchev–Trinajstić information content (AvgIpc) is 3.82. The molecule has 1 aliphatic heterocycles. The maximum atomic E-state index is 5.47. The van der Waals surface area contributed by atoms with E-state index in [0.717, 1.165) is 50.8 Å². The molecule has 2 heteroatoms. The zero-order valence-corrected chi connectivity index (χ0v) is 35.3. The zero-order valence-electron chi connectivity index (χ0n) is 35.3. The van der Waals surface area contributed by atoms with Gasteiger partial charge in [-0.25, -0.2) is 0 Å². The Labute approximate surface area is 366 Å². The van der Waals surface area contributed by atoms with E-state index in [4.69, 9.17) is 4.99 Å². The summed E-state index contributed by atoms with van der Waals surface area (Å²) in [4.78, 5) is 5.47. The van der Waals surface area contributed by atoms with Gasteiger partial charge in [0.25, 0.3) is 0 Å². The van der Waals surface area contributed by atoms with Crippen molar-refractivity contribution in [1.82, 2.24) is 5.32 Å². The predicted octanol–water partition coefficient (Wildman–Crippen LogP) is 13.6. The molecule has 2 spiro atoms. The lowest BCUT2D eigenvalue weighted by Crippen LogP contribution is -2.49. The van der Waals surface area contributed by atoms with Gasteiger partial charge in [0.1, 0.15) is 5.84 Å². The van der Waals surface area contributed by atoms with Gasteiger partial charge < -0.3 is 5.32 Å². The minimum Gasteiger partial charge on any atom is -0.343 e. The summed E-state index contributed by atoms with van der Waals surface area (Å²) in [5.74, 6) is 2.50. The lowest BCUT2D eigenvalue weighted by molar-refractivity contribution is 0.357. The molecule has 8 unspecified atom stereocenters. The molecule has 8 atom stereocenters. The molecule has 9 aliphatic carbocycles. The Morgan fingerprint density at radius 3 is 1.94 bits per heavy atom. The van der Waals surface area contributed by atoms with Crippen LogP contribution in [-0.2, 0) is 10.8 Å². The molecule has 10 aliphatic rings. The number of hydrogen-bond acceptors (Lipinski definition) is 2.